The first kappa shape index (κ1) is 11.4. The summed E-state index contributed by atoms with van der Waals surface area (Å²) in [6.45, 7) is 3.89. The third-order valence-electron chi connectivity index (χ3n) is 1.25. The van der Waals surface area contributed by atoms with Gasteiger partial charge >= 0.3 is 5.97 Å². The highest BCUT2D eigenvalue weighted by atomic mass is 16.5. The number of esters is 1. The Morgan fingerprint density at radius 3 is 2.75 bits per heavy atom. The van der Waals surface area contributed by atoms with Gasteiger partial charge in [-0.15, -0.1) is 0 Å². The van der Waals surface area contributed by atoms with Gasteiger partial charge in [0.1, 0.15) is 0 Å². The van der Waals surface area contributed by atoms with Crippen LogP contribution < -0.4 is 5.73 Å². The van der Waals surface area contributed by atoms with Gasteiger partial charge in [0.15, 0.2) is 0 Å². The van der Waals surface area contributed by atoms with E-state index in [0.29, 0.717) is 32.8 Å². The largest absolute Gasteiger partial charge is 0.466 e. The number of rotatable bonds is 7. The van der Waals surface area contributed by atoms with Crippen molar-refractivity contribution in [3.63, 3.8) is 0 Å². The van der Waals surface area contributed by atoms with Crippen LogP contribution in [-0.4, -0.2) is 32.3 Å². The zero-order chi connectivity index (χ0) is 9.23. The molecule has 12 heavy (non-hydrogen) atoms. The second-order valence-corrected chi connectivity index (χ2v) is 2.31. The van der Waals surface area contributed by atoms with Crippen LogP contribution >= 0.6 is 0 Å². The molecule has 0 atom stereocenters. The van der Waals surface area contributed by atoms with Crippen molar-refractivity contribution in [1.82, 2.24) is 0 Å². The molecule has 0 rings (SSSR count). The first-order valence-electron chi connectivity index (χ1n) is 4.24. The lowest BCUT2D eigenvalue weighted by atomic mass is 10.4. The lowest BCUT2D eigenvalue weighted by Crippen LogP contribution is -2.10. The molecule has 0 aliphatic carbocycles. The van der Waals surface area contributed by atoms with E-state index in [1.165, 1.54) is 0 Å². The van der Waals surface area contributed by atoms with Crippen LogP contribution in [0.15, 0.2) is 0 Å². The summed E-state index contributed by atoms with van der Waals surface area (Å²) in [5, 5.41) is 0. The van der Waals surface area contributed by atoms with Crippen molar-refractivity contribution in [3.8, 4) is 0 Å². The molecule has 0 radical (unpaired) electrons. The summed E-state index contributed by atoms with van der Waals surface area (Å²) in [7, 11) is 0. The molecule has 0 heterocycles. The van der Waals surface area contributed by atoms with Crippen molar-refractivity contribution in [2.75, 3.05) is 26.4 Å². The second-order valence-electron chi connectivity index (χ2n) is 2.31. The van der Waals surface area contributed by atoms with Crippen LogP contribution in [0.5, 0.6) is 0 Å². The van der Waals surface area contributed by atoms with E-state index in [1.54, 1.807) is 6.92 Å². The number of carbonyl (C=O) groups excluding carboxylic acids is 1. The molecule has 0 saturated carbocycles. The van der Waals surface area contributed by atoms with Gasteiger partial charge in [-0.05, 0) is 19.9 Å². The lowest BCUT2D eigenvalue weighted by molar-refractivity contribution is -0.144. The van der Waals surface area contributed by atoms with Crippen LogP contribution in [0.4, 0.5) is 0 Å². The molecule has 72 valence electrons. The Labute approximate surface area is 73.0 Å². The van der Waals surface area contributed by atoms with Crippen LogP contribution in [-0.2, 0) is 14.3 Å². The van der Waals surface area contributed by atoms with Crippen LogP contribution in [0.1, 0.15) is 19.8 Å². The van der Waals surface area contributed by atoms with E-state index in [1.807, 2.05) is 0 Å². The SMILES string of the molecule is CCOC(=O)CCOCCCN. The molecular formula is C8H17NO3. The van der Waals surface area contributed by atoms with E-state index in [4.69, 9.17) is 15.2 Å². The third kappa shape index (κ3) is 7.50. The standard InChI is InChI=1S/C8H17NO3/c1-2-12-8(10)4-7-11-6-3-5-9/h2-7,9H2,1H3. The van der Waals surface area contributed by atoms with Crippen molar-refractivity contribution in [3.05, 3.63) is 0 Å². The zero-order valence-electron chi connectivity index (χ0n) is 7.54. The maximum Gasteiger partial charge on any atom is 0.308 e. The topological polar surface area (TPSA) is 61.5 Å². The average Bonchev–Trinajstić information content (AvgIpc) is 2.05. The Morgan fingerprint density at radius 1 is 1.42 bits per heavy atom. The molecule has 0 aliphatic rings. The number of ether oxygens (including phenoxy) is 2. The van der Waals surface area contributed by atoms with Crippen molar-refractivity contribution in [2.24, 2.45) is 5.73 Å². The molecule has 0 aromatic carbocycles. The van der Waals surface area contributed by atoms with Gasteiger partial charge in [0, 0.05) is 6.61 Å². The molecule has 0 aromatic rings. The fourth-order valence-corrected chi connectivity index (χ4v) is 0.676. The minimum atomic E-state index is -0.203. The Hall–Kier alpha value is -0.610. The maximum absolute atomic E-state index is 10.7. The van der Waals surface area contributed by atoms with E-state index in [-0.39, 0.29) is 5.97 Å². The molecule has 0 fully saturated rings. The van der Waals surface area contributed by atoms with E-state index >= 15 is 0 Å². The fraction of sp³-hybridized carbons (Fsp3) is 0.875. The monoisotopic (exact) mass is 175 g/mol. The molecular weight excluding hydrogens is 158 g/mol. The van der Waals surface area contributed by atoms with Crippen LogP contribution in [0, 0.1) is 0 Å². The number of hydrogen-bond acceptors (Lipinski definition) is 4. The van der Waals surface area contributed by atoms with Crippen molar-refractivity contribution < 1.29 is 14.3 Å². The molecule has 2 N–H and O–H groups in total. The highest BCUT2D eigenvalue weighted by Gasteiger charge is 1.99. The van der Waals surface area contributed by atoms with Crippen molar-refractivity contribution in [2.45, 2.75) is 19.8 Å². The molecule has 4 heteroatoms. The summed E-state index contributed by atoms with van der Waals surface area (Å²) in [5.74, 6) is -0.203. The fourth-order valence-electron chi connectivity index (χ4n) is 0.676. The quantitative estimate of drug-likeness (QED) is 0.446. The first-order chi connectivity index (χ1) is 5.81. The number of hydrogen-bond donors (Lipinski definition) is 1. The summed E-state index contributed by atoms with van der Waals surface area (Å²) < 4.78 is 9.81. The van der Waals surface area contributed by atoms with Gasteiger partial charge in [-0.3, -0.25) is 4.79 Å². The highest BCUT2D eigenvalue weighted by molar-refractivity contribution is 5.69. The van der Waals surface area contributed by atoms with Gasteiger partial charge in [0.25, 0.3) is 0 Å². The summed E-state index contributed by atoms with van der Waals surface area (Å²) in [4.78, 5) is 10.7. The van der Waals surface area contributed by atoms with Gasteiger partial charge in [0.2, 0.25) is 0 Å². The van der Waals surface area contributed by atoms with Crippen LogP contribution in [0.2, 0.25) is 0 Å². The average molecular weight is 175 g/mol. The van der Waals surface area contributed by atoms with Crippen molar-refractivity contribution >= 4 is 5.97 Å². The normalized spacial score (nSPS) is 9.83. The lowest BCUT2D eigenvalue weighted by Gasteiger charge is -2.02. The van der Waals surface area contributed by atoms with Gasteiger partial charge in [-0.2, -0.15) is 0 Å². The Bertz CT molecular complexity index is 117. The molecule has 0 aliphatic heterocycles. The van der Waals surface area contributed by atoms with Gasteiger partial charge in [0.05, 0.1) is 19.6 Å². The third-order valence-corrected chi connectivity index (χ3v) is 1.25. The predicted molar refractivity (Wildman–Crippen MR) is 45.7 cm³/mol. The van der Waals surface area contributed by atoms with Gasteiger partial charge in [-0.25, -0.2) is 0 Å². The summed E-state index contributed by atoms with van der Waals surface area (Å²) in [5.41, 5.74) is 5.25. The van der Waals surface area contributed by atoms with Crippen molar-refractivity contribution in [1.29, 1.82) is 0 Å². The Kier molecular flexibility index (Phi) is 8.05. The number of carbonyl (C=O) groups is 1. The van der Waals surface area contributed by atoms with E-state index < -0.39 is 0 Å². The highest BCUT2D eigenvalue weighted by Crippen LogP contribution is 1.88. The van der Waals surface area contributed by atoms with Crippen LogP contribution in [0.25, 0.3) is 0 Å². The predicted octanol–water partition coefficient (Wildman–Crippen LogP) is 0.305. The summed E-state index contributed by atoms with van der Waals surface area (Å²) in [6.07, 6.45) is 1.17. The number of nitrogens with two attached hydrogens (primary N) is 1. The molecule has 0 spiro atoms. The van der Waals surface area contributed by atoms with Crippen LogP contribution in [0.3, 0.4) is 0 Å². The molecule has 0 bridgehead atoms. The molecule has 0 amide bonds. The summed E-state index contributed by atoms with van der Waals surface area (Å²) >= 11 is 0. The summed E-state index contributed by atoms with van der Waals surface area (Å²) in [6, 6.07) is 0. The van der Waals surface area contributed by atoms with E-state index in [0.717, 1.165) is 6.42 Å². The van der Waals surface area contributed by atoms with Gasteiger partial charge < -0.3 is 15.2 Å². The maximum atomic E-state index is 10.7. The molecule has 0 aromatic heterocycles. The van der Waals surface area contributed by atoms with Gasteiger partial charge in [-0.1, -0.05) is 0 Å². The minimum absolute atomic E-state index is 0.203. The smallest absolute Gasteiger partial charge is 0.308 e. The molecule has 0 unspecified atom stereocenters. The Morgan fingerprint density at radius 2 is 2.17 bits per heavy atom. The Balaban J connectivity index is 3.03. The van der Waals surface area contributed by atoms with E-state index in [9.17, 15) is 4.79 Å². The zero-order valence-corrected chi connectivity index (χ0v) is 7.54. The first-order valence-corrected chi connectivity index (χ1v) is 4.24. The van der Waals surface area contributed by atoms with E-state index in [2.05, 4.69) is 0 Å². The second kappa shape index (κ2) is 8.49. The minimum Gasteiger partial charge on any atom is -0.466 e. The molecule has 4 nitrogen and oxygen atoms in total. The molecule has 0 saturated heterocycles.